The molecule has 0 radical (unpaired) electrons. The molecule has 0 saturated carbocycles. The highest BCUT2D eigenvalue weighted by molar-refractivity contribution is 6.11. The average molecular weight is 941 g/mol. The normalized spacial score (nSPS) is 17.0. The van der Waals surface area contributed by atoms with Gasteiger partial charge in [-0.25, -0.2) is 22.5 Å². The molecule has 2 saturated heterocycles. The predicted molar refractivity (Wildman–Crippen MR) is 245 cm³/mol. The number of fused-ring (bicyclic) bond motifs is 2. The van der Waals surface area contributed by atoms with Gasteiger partial charge in [0.05, 0.1) is 24.4 Å². The number of hydrogen-bond donors (Lipinski definition) is 2. The second-order valence-electron chi connectivity index (χ2n) is 17.4. The number of benzene rings is 4. The molecule has 4 aromatic carbocycles. The van der Waals surface area contributed by atoms with Crippen molar-refractivity contribution in [3.63, 3.8) is 0 Å². The molecule has 6 aromatic rings. The van der Waals surface area contributed by atoms with Gasteiger partial charge in [-0.05, 0) is 105 Å². The van der Waals surface area contributed by atoms with Crippen LogP contribution in [0.25, 0.3) is 11.4 Å². The van der Waals surface area contributed by atoms with Crippen LogP contribution in [0.1, 0.15) is 95.0 Å². The standard InChI is InChI=1S/C49H43F3N10O7/c1-24-19-26(7-10-36(24)59-15-4-5-39(59)63)58-17-14-32-42(46(54)65)56-62(44(32)49(58)68)29-21-33(40(52)38(23-29)69-3)30-12-18-60(47(30)66)37-11-8-27(20-25(37)2)57-16-13-31-41(45(53)64)55-61(43(31)48(57)67)28-6-9-34(50)35(51)22-28/h6-11,19-23,30H,4-5,12-18H2,1-3H3,(H2,53,64)(H2,54,65). The summed E-state index contributed by atoms with van der Waals surface area (Å²) < 4.78 is 52.4. The third-order valence-electron chi connectivity index (χ3n) is 13.4. The summed E-state index contributed by atoms with van der Waals surface area (Å²) in [6.45, 7) is 4.73. The molecular weight excluding hydrogens is 898 g/mol. The lowest BCUT2D eigenvalue weighted by Gasteiger charge is -2.29. The second kappa shape index (κ2) is 16.8. The van der Waals surface area contributed by atoms with Crippen molar-refractivity contribution in [2.75, 3.05) is 52.9 Å². The van der Waals surface area contributed by atoms with Crippen molar-refractivity contribution in [1.29, 1.82) is 0 Å². The van der Waals surface area contributed by atoms with Crippen LogP contribution >= 0.6 is 0 Å². The number of methoxy groups -OCH3 is 1. The third-order valence-corrected chi connectivity index (χ3v) is 13.4. The lowest BCUT2D eigenvalue weighted by molar-refractivity contribution is -0.118. The van der Waals surface area contributed by atoms with Crippen LogP contribution in [0.5, 0.6) is 5.75 Å². The summed E-state index contributed by atoms with van der Waals surface area (Å²) in [5.74, 6) is -7.56. The maximum Gasteiger partial charge on any atom is 0.277 e. The van der Waals surface area contributed by atoms with Crippen molar-refractivity contribution in [3.05, 3.63) is 135 Å². The molecule has 0 bridgehead atoms. The van der Waals surface area contributed by atoms with E-state index in [0.717, 1.165) is 34.5 Å². The molecule has 2 fully saturated rings. The van der Waals surface area contributed by atoms with Gasteiger partial charge in [-0.1, -0.05) is 0 Å². The molecule has 4 aliphatic heterocycles. The fourth-order valence-corrected chi connectivity index (χ4v) is 10.1. The van der Waals surface area contributed by atoms with E-state index in [9.17, 15) is 37.5 Å². The molecule has 10 rings (SSSR count). The SMILES string of the molecule is COc1cc(-n2nc(C(N)=O)c3c2C(=O)N(c2ccc(N4CCCC4=O)c(C)c2)CC3)cc(C2CCN(c3ccc(N4CCc5c(C(N)=O)nn(-c6ccc(F)c(F)c6)c5C4=O)cc3C)C2=O)c1F. The van der Waals surface area contributed by atoms with Crippen molar-refractivity contribution in [2.45, 2.75) is 51.9 Å². The molecule has 352 valence electrons. The van der Waals surface area contributed by atoms with Gasteiger partial charge in [0.15, 0.2) is 34.6 Å². The molecule has 4 aliphatic rings. The summed E-state index contributed by atoms with van der Waals surface area (Å²) in [7, 11) is 1.27. The Balaban J connectivity index is 0.941. The van der Waals surface area contributed by atoms with Crippen molar-refractivity contribution >= 4 is 58.2 Å². The Labute approximate surface area is 391 Å². The molecule has 20 heteroatoms. The summed E-state index contributed by atoms with van der Waals surface area (Å²) >= 11 is 0. The van der Waals surface area contributed by atoms with E-state index < -0.39 is 52.9 Å². The molecule has 17 nitrogen and oxygen atoms in total. The number of ether oxygens (including phenoxy) is 1. The van der Waals surface area contributed by atoms with Gasteiger partial charge in [0.25, 0.3) is 23.6 Å². The van der Waals surface area contributed by atoms with Gasteiger partial charge in [-0.3, -0.25) is 28.8 Å². The van der Waals surface area contributed by atoms with Crippen LogP contribution in [0.15, 0.2) is 66.7 Å². The van der Waals surface area contributed by atoms with Gasteiger partial charge in [-0.15, -0.1) is 0 Å². The van der Waals surface area contributed by atoms with E-state index in [-0.39, 0.29) is 95.8 Å². The van der Waals surface area contributed by atoms with Gasteiger partial charge < -0.3 is 35.8 Å². The van der Waals surface area contributed by atoms with E-state index >= 15 is 4.39 Å². The maximum absolute atomic E-state index is 16.5. The monoisotopic (exact) mass is 940 g/mol. The van der Waals surface area contributed by atoms with E-state index in [1.807, 2.05) is 19.1 Å². The van der Waals surface area contributed by atoms with E-state index in [1.165, 1.54) is 39.8 Å². The number of halogens is 3. The summed E-state index contributed by atoms with van der Waals surface area (Å²) in [6.07, 6.45) is 1.79. The number of primary amides is 2. The fourth-order valence-electron chi connectivity index (χ4n) is 10.1. The van der Waals surface area contributed by atoms with E-state index in [4.69, 9.17) is 16.2 Å². The van der Waals surface area contributed by atoms with Gasteiger partial charge in [-0.2, -0.15) is 10.2 Å². The molecule has 69 heavy (non-hydrogen) atoms. The number of hydrogen-bond acceptors (Lipinski definition) is 9. The van der Waals surface area contributed by atoms with Crippen LogP contribution < -0.4 is 35.8 Å². The molecule has 0 aliphatic carbocycles. The van der Waals surface area contributed by atoms with E-state index in [2.05, 4.69) is 10.2 Å². The van der Waals surface area contributed by atoms with Crippen molar-refractivity contribution in [1.82, 2.24) is 19.6 Å². The number of aryl methyl sites for hydroxylation is 2. The minimum absolute atomic E-state index is 0.00563. The van der Waals surface area contributed by atoms with Gasteiger partial charge in [0.1, 0.15) is 11.4 Å². The third kappa shape index (κ3) is 7.24. The Morgan fingerprint density at radius 3 is 1.68 bits per heavy atom. The largest absolute Gasteiger partial charge is 0.494 e. The summed E-state index contributed by atoms with van der Waals surface area (Å²) in [5, 5.41) is 8.71. The Kier molecular flexibility index (Phi) is 10.8. The highest BCUT2D eigenvalue weighted by atomic mass is 19.2. The Morgan fingerprint density at radius 1 is 0.623 bits per heavy atom. The smallest absolute Gasteiger partial charge is 0.277 e. The van der Waals surface area contributed by atoms with Crippen LogP contribution in [0.4, 0.5) is 35.9 Å². The first-order chi connectivity index (χ1) is 33.1. The summed E-state index contributed by atoms with van der Waals surface area (Å²) in [5.41, 5.74) is 15.5. The number of nitrogens with zero attached hydrogens (tertiary/aromatic N) is 8. The van der Waals surface area contributed by atoms with Crippen LogP contribution in [0.3, 0.4) is 0 Å². The average Bonchev–Trinajstić information content (AvgIpc) is 4.12. The fraction of sp³-hybridized carbons (Fsp3) is 0.265. The second-order valence-corrected chi connectivity index (χ2v) is 17.4. The highest BCUT2D eigenvalue weighted by Gasteiger charge is 2.40. The predicted octanol–water partition coefficient (Wildman–Crippen LogP) is 5.35. The molecule has 6 heterocycles. The van der Waals surface area contributed by atoms with Crippen molar-refractivity contribution < 1.29 is 46.7 Å². The van der Waals surface area contributed by atoms with Gasteiger partial charge in [0.2, 0.25) is 11.8 Å². The zero-order chi connectivity index (χ0) is 48.7. The first-order valence-electron chi connectivity index (χ1n) is 22.2. The molecular formula is C49H43F3N10O7. The first-order valence-corrected chi connectivity index (χ1v) is 22.2. The quantitative estimate of drug-likeness (QED) is 0.181. The minimum atomic E-state index is -1.18. The number of anilines is 4. The molecule has 1 atom stereocenters. The van der Waals surface area contributed by atoms with E-state index in [0.29, 0.717) is 41.2 Å². The zero-order valence-electron chi connectivity index (χ0n) is 37.5. The number of nitrogens with two attached hydrogens (primary N) is 2. The Morgan fingerprint density at radius 2 is 1.17 bits per heavy atom. The molecule has 0 spiro atoms. The Bertz CT molecular complexity index is 3260. The number of aromatic nitrogens is 4. The lowest BCUT2D eigenvalue weighted by atomic mass is 9.95. The molecule has 1 unspecified atom stereocenters. The summed E-state index contributed by atoms with van der Waals surface area (Å²) in [6, 6.07) is 16.1. The number of carbonyl (C=O) groups is 6. The molecule has 2 aromatic heterocycles. The topological polar surface area (TPSA) is 212 Å². The number of rotatable bonds is 10. The van der Waals surface area contributed by atoms with Gasteiger partial charge >= 0.3 is 0 Å². The van der Waals surface area contributed by atoms with Crippen LogP contribution in [0, 0.1) is 31.3 Å². The highest BCUT2D eigenvalue weighted by Crippen LogP contribution is 2.41. The molecule has 4 N–H and O–H groups in total. The van der Waals surface area contributed by atoms with Gasteiger partial charge in [0, 0.05) is 84.2 Å². The Hall–Kier alpha value is -8.29. The maximum atomic E-state index is 16.5. The van der Waals surface area contributed by atoms with E-state index in [1.54, 1.807) is 41.0 Å². The summed E-state index contributed by atoms with van der Waals surface area (Å²) in [4.78, 5) is 87.0. The molecule has 6 amide bonds. The number of carbonyl (C=O) groups excluding carboxylic acids is 6. The van der Waals surface area contributed by atoms with Crippen LogP contribution in [0.2, 0.25) is 0 Å². The first kappa shape index (κ1) is 44.5. The number of amides is 6. The van der Waals surface area contributed by atoms with Crippen LogP contribution in [-0.2, 0) is 22.4 Å². The van der Waals surface area contributed by atoms with Crippen LogP contribution in [-0.4, -0.2) is 88.3 Å². The zero-order valence-corrected chi connectivity index (χ0v) is 37.5. The lowest BCUT2D eigenvalue weighted by Crippen LogP contribution is -2.39. The van der Waals surface area contributed by atoms with Crippen molar-refractivity contribution in [3.8, 4) is 17.1 Å². The van der Waals surface area contributed by atoms with Crippen molar-refractivity contribution in [2.24, 2.45) is 11.5 Å². The minimum Gasteiger partial charge on any atom is -0.494 e.